The molecule has 1 fully saturated rings. The third-order valence-electron chi connectivity index (χ3n) is 4.05. The molecule has 100 valence electrons. The van der Waals surface area contributed by atoms with Gasteiger partial charge in [0.05, 0.1) is 6.10 Å². The van der Waals surface area contributed by atoms with E-state index in [2.05, 4.69) is 56.5 Å². The zero-order chi connectivity index (χ0) is 13.0. The molecule has 0 aromatic heterocycles. The molecule has 0 heterocycles. The standard InChI is InChI=1S/C16H25NO/c1-4-15(18-5-2)16(17-3)14-11-13(14)12-9-7-6-8-10-12/h6-10,13-17H,4-5,11H2,1-3H3. The van der Waals surface area contributed by atoms with Gasteiger partial charge in [0.15, 0.2) is 0 Å². The smallest absolute Gasteiger partial charge is 0.0728 e. The average molecular weight is 247 g/mol. The Balaban J connectivity index is 1.99. The van der Waals surface area contributed by atoms with Gasteiger partial charge in [0.1, 0.15) is 0 Å². The van der Waals surface area contributed by atoms with Gasteiger partial charge in [-0.05, 0) is 44.2 Å². The summed E-state index contributed by atoms with van der Waals surface area (Å²) in [4.78, 5) is 0. The minimum atomic E-state index is 0.346. The molecule has 0 spiro atoms. The highest BCUT2D eigenvalue weighted by Gasteiger charge is 2.45. The van der Waals surface area contributed by atoms with Crippen molar-refractivity contribution in [2.75, 3.05) is 13.7 Å². The van der Waals surface area contributed by atoms with E-state index in [9.17, 15) is 0 Å². The van der Waals surface area contributed by atoms with Gasteiger partial charge < -0.3 is 10.1 Å². The van der Waals surface area contributed by atoms with E-state index in [1.807, 2.05) is 0 Å². The summed E-state index contributed by atoms with van der Waals surface area (Å²) < 4.78 is 5.87. The van der Waals surface area contributed by atoms with Crippen LogP contribution in [0.25, 0.3) is 0 Å². The van der Waals surface area contributed by atoms with Crippen LogP contribution in [0.15, 0.2) is 30.3 Å². The molecule has 4 atom stereocenters. The maximum Gasteiger partial charge on any atom is 0.0728 e. The van der Waals surface area contributed by atoms with Crippen molar-refractivity contribution in [1.29, 1.82) is 0 Å². The van der Waals surface area contributed by atoms with Crippen molar-refractivity contribution in [3.8, 4) is 0 Å². The largest absolute Gasteiger partial charge is 0.377 e. The quantitative estimate of drug-likeness (QED) is 0.799. The molecule has 1 aliphatic rings. The Morgan fingerprint density at radius 2 is 2.00 bits per heavy atom. The summed E-state index contributed by atoms with van der Waals surface area (Å²) >= 11 is 0. The number of hydrogen-bond acceptors (Lipinski definition) is 2. The fraction of sp³-hybridized carbons (Fsp3) is 0.625. The lowest BCUT2D eigenvalue weighted by Crippen LogP contribution is -2.41. The fourth-order valence-electron chi connectivity index (χ4n) is 3.06. The molecule has 2 nitrogen and oxygen atoms in total. The fourth-order valence-corrected chi connectivity index (χ4v) is 3.06. The highest BCUT2D eigenvalue weighted by molar-refractivity contribution is 5.27. The molecule has 1 aromatic rings. The van der Waals surface area contributed by atoms with Crippen molar-refractivity contribution in [2.24, 2.45) is 5.92 Å². The van der Waals surface area contributed by atoms with E-state index >= 15 is 0 Å². The van der Waals surface area contributed by atoms with Crippen molar-refractivity contribution in [2.45, 2.75) is 44.8 Å². The van der Waals surface area contributed by atoms with Gasteiger partial charge in [-0.1, -0.05) is 37.3 Å². The molecule has 1 aliphatic carbocycles. The first-order chi connectivity index (χ1) is 8.81. The molecule has 1 aromatic carbocycles. The van der Waals surface area contributed by atoms with Crippen LogP contribution in [0.5, 0.6) is 0 Å². The van der Waals surface area contributed by atoms with Crippen LogP contribution in [-0.4, -0.2) is 25.8 Å². The average Bonchev–Trinajstić information content (AvgIpc) is 3.20. The molecule has 0 radical (unpaired) electrons. The Hall–Kier alpha value is -0.860. The summed E-state index contributed by atoms with van der Waals surface area (Å²) in [5, 5.41) is 3.47. The van der Waals surface area contributed by atoms with Crippen LogP contribution in [-0.2, 0) is 4.74 Å². The van der Waals surface area contributed by atoms with E-state index in [4.69, 9.17) is 4.74 Å². The number of rotatable bonds is 7. The molecule has 18 heavy (non-hydrogen) atoms. The second kappa shape index (κ2) is 6.35. The molecule has 2 rings (SSSR count). The Kier molecular flexibility index (Phi) is 4.79. The minimum Gasteiger partial charge on any atom is -0.377 e. The van der Waals surface area contributed by atoms with Gasteiger partial charge in [0.2, 0.25) is 0 Å². The Bertz CT molecular complexity index is 351. The van der Waals surface area contributed by atoms with Gasteiger partial charge in [-0.15, -0.1) is 0 Å². The summed E-state index contributed by atoms with van der Waals surface area (Å²) in [6.45, 7) is 5.10. The second-order valence-corrected chi connectivity index (χ2v) is 5.13. The topological polar surface area (TPSA) is 21.3 Å². The summed E-state index contributed by atoms with van der Waals surface area (Å²) in [5.41, 5.74) is 1.48. The highest BCUT2D eigenvalue weighted by atomic mass is 16.5. The molecule has 0 amide bonds. The zero-order valence-electron chi connectivity index (χ0n) is 11.7. The van der Waals surface area contributed by atoms with E-state index < -0.39 is 0 Å². The second-order valence-electron chi connectivity index (χ2n) is 5.13. The van der Waals surface area contributed by atoms with Crippen LogP contribution in [0.4, 0.5) is 0 Å². The van der Waals surface area contributed by atoms with Crippen LogP contribution in [0, 0.1) is 5.92 Å². The maximum absolute atomic E-state index is 5.87. The van der Waals surface area contributed by atoms with Crippen molar-refractivity contribution >= 4 is 0 Å². The van der Waals surface area contributed by atoms with Gasteiger partial charge in [-0.3, -0.25) is 0 Å². The predicted octanol–water partition coefficient (Wildman–Crippen LogP) is 3.19. The molecule has 0 saturated heterocycles. The first-order valence-electron chi connectivity index (χ1n) is 7.15. The number of benzene rings is 1. The molecular formula is C16H25NO. The number of likely N-dealkylation sites (N-methyl/N-ethyl adjacent to an activating group) is 1. The van der Waals surface area contributed by atoms with Crippen molar-refractivity contribution in [3.63, 3.8) is 0 Å². The number of nitrogens with one attached hydrogen (secondary N) is 1. The first kappa shape index (κ1) is 13.6. The van der Waals surface area contributed by atoms with Crippen molar-refractivity contribution in [3.05, 3.63) is 35.9 Å². The molecular weight excluding hydrogens is 222 g/mol. The van der Waals surface area contributed by atoms with E-state index in [0.717, 1.165) is 24.9 Å². The Morgan fingerprint density at radius 3 is 2.56 bits per heavy atom. The lowest BCUT2D eigenvalue weighted by molar-refractivity contribution is 0.0275. The van der Waals surface area contributed by atoms with Gasteiger partial charge in [0.25, 0.3) is 0 Å². The van der Waals surface area contributed by atoms with E-state index in [0.29, 0.717) is 12.1 Å². The zero-order valence-corrected chi connectivity index (χ0v) is 11.7. The van der Waals surface area contributed by atoms with Crippen LogP contribution in [0.3, 0.4) is 0 Å². The van der Waals surface area contributed by atoms with Crippen molar-refractivity contribution in [1.82, 2.24) is 5.32 Å². The molecule has 0 bridgehead atoms. The minimum absolute atomic E-state index is 0.346. The molecule has 1 N–H and O–H groups in total. The van der Waals surface area contributed by atoms with Crippen molar-refractivity contribution < 1.29 is 4.74 Å². The maximum atomic E-state index is 5.87. The van der Waals surface area contributed by atoms with E-state index in [1.165, 1.54) is 12.0 Å². The number of ether oxygens (including phenoxy) is 1. The lowest BCUT2D eigenvalue weighted by atomic mass is 9.99. The van der Waals surface area contributed by atoms with Crippen LogP contribution in [0.1, 0.15) is 38.2 Å². The SMILES string of the molecule is CCOC(CC)C(NC)C1CC1c1ccccc1. The lowest BCUT2D eigenvalue weighted by Gasteiger charge is -2.26. The third kappa shape index (κ3) is 2.93. The molecule has 4 unspecified atom stereocenters. The monoisotopic (exact) mass is 247 g/mol. The third-order valence-corrected chi connectivity index (χ3v) is 4.05. The summed E-state index contributed by atoms with van der Waals surface area (Å²) in [6, 6.07) is 11.3. The Labute approximate surface area is 111 Å². The normalized spacial score (nSPS) is 25.7. The Morgan fingerprint density at radius 1 is 1.28 bits per heavy atom. The van der Waals surface area contributed by atoms with E-state index in [1.54, 1.807) is 0 Å². The van der Waals surface area contributed by atoms with E-state index in [-0.39, 0.29) is 0 Å². The molecule has 2 heteroatoms. The van der Waals surface area contributed by atoms with Gasteiger partial charge in [0, 0.05) is 12.6 Å². The van der Waals surface area contributed by atoms with Crippen LogP contribution < -0.4 is 5.32 Å². The van der Waals surface area contributed by atoms with Gasteiger partial charge in [-0.2, -0.15) is 0 Å². The van der Waals surface area contributed by atoms with Gasteiger partial charge in [-0.25, -0.2) is 0 Å². The number of hydrogen-bond donors (Lipinski definition) is 1. The highest BCUT2D eigenvalue weighted by Crippen LogP contribution is 2.50. The first-order valence-corrected chi connectivity index (χ1v) is 7.15. The predicted molar refractivity (Wildman–Crippen MR) is 75.8 cm³/mol. The van der Waals surface area contributed by atoms with Crippen LogP contribution >= 0.6 is 0 Å². The van der Waals surface area contributed by atoms with Crippen LogP contribution in [0.2, 0.25) is 0 Å². The summed E-state index contributed by atoms with van der Waals surface area (Å²) in [5.74, 6) is 1.45. The van der Waals surface area contributed by atoms with Gasteiger partial charge >= 0.3 is 0 Å². The molecule has 0 aliphatic heterocycles. The summed E-state index contributed by atoms with van der Waals surface area (Å²) in [6.07, 6.45) is 2.72. The summed E-state index contributed by atoms with van der Waals surface area (Å²) in [7, 11) is 2.06. The molecule has 1 saturated carbocycles.